The van der Waals surface area contributed by atoms with E-state index in [9.17, 15) is 20.1 Å². The molecule has 1 amide bonds. The third-order valence-corrected chi connectivity index (χ3v) is 4.02. The van der Waals surface area contributed by atoms with Gasteiger partial charge in [-0.15, -0.1) is 0 Å². The maximum absolute atomic E-state index is 12.1. The Kier molecular flexibility index (Phi) is 5.52. The van der Waals surface area contributed by atoms with Crippen molar-refractivity contribution < 1.29 is 30.0 Å². The molecule has 116 valence electrons. The van der Waals surface area contributed by atoms with Gasteiger partial charge in [-0.1, -0.05) is 0 Å². The molecule has 7 nitrogen and oxygen atoms in total. The highest BCUT2D eigenvalue weighted by Gasteiger charge is 2.44. The number of rotatable bonds is 3. The molecule has 0 aliphatic carbocycles. The summed E-state index contributed by atoms with van der Waals surface area (Å²) in [5, 5.41) is 40.9. The van der Waals surface area contributed by atoms with E-state index in [4.69, 9.17) is 9.84 Å². The van der Waals surface area contributed by atoms with Crippen molar-refractivity contribution in [1.82, 2.24) is 5.32 Å². The zero-order chi connectivity index (χ0) is 15.6. The van der Waals surface area contributed by atoms with Gasteiger partial charge in [0.15, 0.2) is 6.29 Å². The van der Waals surface area contributed by atoms with Gasteiger partial charge in [0.1, 0.15) is 24.4 Å². The summed E-state index contributed by atoms with van der Waals surface area (Å²) >= 11 is 2.10. The summed E-state index contributed by atoms with van der Waals surface area (Å²) in [6.07, 6.45) is -5.46. The molecule has 8 heteroatoms. The molecule has 1 fully saturated rings. The Bertz CT molecular complexity index is 496. The summed E-state index contributed by atoms with van der Waals surface area (Å²) in [5.74, 6) is -0.507. The molecule has 0 bridgehead atoms. The van der Waals surface area contributed by atoms with E-state index in [1.54, 1.807) is 24.3 Å². The molecule has 1 aromatic rings. The minimum atomic E-state index is -1.52. The number of halogens is 1. The van der Waals surface area contributed by atoms with Crippen LogP contribution in [0.3, 0.4) is 0 Å². The second-order valence-corrected chi connectivity index (χ2v) is 5.98. The standard InChI is InChI=1S/C13H16INO6/c14-7-3-1-6(2-4-7)12(19)15-9-11(18)10(17)8(5-16)21-13(9)20/h1-4,8-11,13,16-18,20H,5H2,(H,15,19)/t8-,9-,10-,11-,13+/m1/s1/i14-4. The number of amides is 1. The Balaban J connectivity index is 2.07. The summed E-state index contributed by atoms with van der Waals surface area (Å²) in [6, 6.07) is 5.51. The van der Waals surface area contributed by atoms with Crippen LogP contribution >= 0.6 is 22.6 Å². The molecule has 1 aliphatic heterocycles. The minimum Gasteiger partial charge on any atom is -0.394 e. The zero-order valence-corrected chi connectivity index (χ0v) is 13.0. The molecule has 0 spiro atoms. The Labute approximate surface area is 134 Å². The van der Waals surface area contributed by atoms with Crippen molar-refractivity contribution in [3.63, 3.8) is 0 Å². The first-order chi connectivity index (χ1) is 9.93. The first-order valence-corrected chi connectivity index (χ1v) is 7.39. The van der Waals surface area contributed by atoms with Crippen LogP contribution in [0.4, 0.5) is 0 Å². The highest BCUT2D eigenvalue weighted by atomic mass is 123. The van der Waals surface area contributed by atoms with Gasteiger partial charge in [0.05, 0.1) is 6.61 Å². The van der Waals surface area contributed by atoms with Crippen molar-refractivity contribution in [3.8, 4) is 0 Å². The highest BCUT2D eigenvalue weighted by Crippen LogP contribution is 2.20. The molecule has 2 rings (SSSR count). The van der Waals surface area contributed by atoms with Gasteiger partial charge < -0.3 is 30.5 Å². The number of carbonyl (C=O) groups is 1. The van der Waals surface area contributed by atoms with E-state index in [0.29, 0.717) is 5.56 Å². The van der Waals surface area contributed by atoms with Crippen LogP contribution in [0.15, 0.2) is 24.3 Å². The first kappa shape index (κ1) is 16.6. The fourth-order valence-corrected chi connectivity index (χ4v) is 2.45. The van der Waals surface area contributed by atoms with Crippen LogP contribution in [0.2, 0.25) is 0 Å². The van der Waals surface area contributed by atoms with Gasteiger partial charge in [-0.25, -0.2) is 0 Å². The van der Waals surface area contributed by atoms with Crippen molar-refractivity contribution in [2.75, 3.05) is 6.61 Å². The first-order valence-electron chi connectivity index (χ1n) is 6.31. The van der Waals surface area contributed by atoms with Crippen molar-refractivity contribution >= 4 is 28.5 Å². The molecule has 1 saturated heterocycles. The molecule has 1 aromatic carbocycles. The molecule has 0 aromatic heterocycles. The minimum absolute atomic E-state index is 0.355. The van der Waals surface area contributed by atoms with Gasteiger partial charge in [-0.3, -0.25) is 4.79 Å². The number of ether oxygens (including phenoxy) is 1. The quantitative estimate of drug-likeness (QED) is 0.404. The Morgan fingerprint density at radius 3 is 2.38 bits per heavy atom. The van der Waals surface area contributed by atoms with E-state index in [0.717, 1.165) is 3.57 Å². The van der Waals surface area contributed by atoms with Crippen molar-refractivity contribution in [2.45, 2.75) is 30.6 Å². The number of aliphatic hydroxyl groups excluding tert-OH is 4. The predicted molar refractivity (Wildman–Crippen MR) is 80.4 cm³/mol. The van der Waals surface area contributed by atoms with Crippen LogP contribution in [0.25, 0.3) is 0 Å². The maximum atomic E-state index is 12.1. The number of hydrogen-bond donors (Lipinski definition) is 5. The Hall–Kier alpha value is -0.780. The summed E-state index contributed by atoms with van der Waals surface area (Å²) in [5.41, 5.74) is 0.355. The molecule has 5 N–H and O–H groups in total. The third kappa shape index (κ3) is 3.71. The van der Waals surface area contributed by atoms with E-state index >= 15 is 0 Å². The fourth-order valence-electron chi connectivity index (χ4n) is 2.09. The molecular weight excluding hydrogens is 389 g/mol. The predicted octanol–water partition coefficient (Wildman–Crippen LogP) is -1.18. The average Bonchev–Trinajstić information content (AvgIpc) is 2.47. The van der Waals surface area contributed by atoms with Crippen LogP contribution < -0.4 is 5.32 Å². The molecule has 0 unspecified atom stereocenters. The second-order valence-electron chi connectivity index (χ2n) is 4.73. The van der Waals surface area contributed by atoms with Gasteiger partial charge in [0.2, 0.25) is 0 Å². The van der Waals surface area contributed by atoms with Crippen molar-refractivity contribution in [1.29, 1.82) is 0 Å². The topological polar surface area (TPSA) is 119 Å². The second kappa shape index (κ2) is 6.99. The number of benzene rings is 1. The SMILES string of the molecule is O=C(N[C@@H]1[C@@H](O)[C@H](O)[C@@H](CO)O[C@@H]1O)c1ccc([123I])cc1. The van der Waals surface area contributed by atoms with Gasteiger partial charge in [-0.2, -0.15) is 0 Å². The summed E-state index contributed by atoms with van der Waals surface area (Å²) in [6.45, 7) is -0.549. The Morgan fingerprint density at radius 2 is 1.81 bits per heavy atom. The summed E-state index contributed by atoms with van der Waals surface area (Å²) < 4.78 is 5.93. The van der Waals surface area contributed by atoms with Crippen molar-refractivity contribution in [2.24, 2.45) is 0 Å². The molecule has 21 heavy (non-hydrogen) atoms. The fraction of sp³-hybridized carbons (Fsp3) is 0.462. The van der Waals surface area contributed by atoms with E-state index in [1.807, 2.05) is 0 Å². The average molecular weight is 405 g/mol. The van der Waals surface area contributed by atoms with Gasteiger partial charge in [0.25, 0.3) is 5.91 Å². The highest BCUT2D eigenvalue weighted by molar-refractivity contribution is 14.1. The normalized spacial score (nSPS) is 32.7. The monoisotopic (exact) mass is 405 g/mol. The number of carbonyl (C=O) groups excluding carboxylic acids is 1. The lowest BCUT2D eigenvalue weighted by molar-refractivity contribution is -0.252. The van der Waals surface area contributed by atoms with Crippen molar-refractivity contribution in [3.05, 3.63) is 33.4 Å². The van der Waals surface area contributed by atoms with Crippen LogP contribution in [0.1, 0.15) is 10.4 Å². The van der Waals surface area contributed by atoms with Crippen LogP contribution in [0, 0.1) is 3.57 Å². The third-order valence-electron chi connectivity index (χ3n) is 3.30. The van der Waals surface area contributed by atoms with E-state index in [2.05, 4.69) is 27.9 Å². The largest absolute Gasteiger partial charge is 0.394 e. The maximum Gasteiger partial charge on any atom is 0.251 e. The molecule has 1 heterocycles. The van der Waals surface area contributed by atoms with E-state index in [-0.39, 0.29) is 0 Å². The van der Waals surface area contributed by atoms with Crippen LogP contribution in [0.5, 0.6) is 0 Å². The smallest absolute Gasteiger partial charge is 0.251 e. The van der Waals surface area contributed by atoms with E-state index < -0.39 is 43.2 Å². The molecule has 1 aliphatic rings. The zero-order valence-electron chi connectivity index (χ0n) is 10.9. The van der Waals surface area contributed by atoms with Crippen LogP contribution in [-0.2, 0) is 4.74 Å². The number of nitrogens with one attached hydrogen (secondary N) is 1. The molecule has 0 saturated carbocycles. The Morgan fingerprint density at radius 1 is 1.19 bits per heavy atom. The lowest BCUT2D eigenvalue weighted by Gasteiger charge is -2.40. The number of aliphatic hydroxyl groups is 4. The van der Waals surface area contributed by atoms with E-state index in [1.165, 1.54) is 0 Å². The number of hydrogen-bond acceptors (Lipinski definition) is 6. The lowest BCUT2D eigenvalue weighted by Crippen LogP contribution is -2.64. The van der Waals surface area contributed by atoms with Gasteiger partial charge in [0, 0.05) is 9.13 Å². The van der Waals surface area contributed by atoms with Gasteiger partial charge in [-0.05, 0) is 46.9 Å². The molecule has 5 atom stereocenters. The van der Waals surface area contributed by atoms with Gasteiger partial charge >= 0.3 is 0 Å². The summed E-state index contributed by atoms with van der Waals surface area (Å²) in [7, 11) is 0. The molecular formula is C13H16INO6. The molecule has 0 radical (unpaired) electrons. The lowest BCUT2D eigenvalue weighted by atomic mass is 9.97. The summed E-state index contributed by atoms with van der Waals surface area (Å²) in [4.78, 5) is 12.1. The van der Waals surface area contributed by atoms with Crippen LogP contribution in [-0.4, -0.2) is 63.6 Å².